The average molecular weight is 514 g/mol. The summed E-state index contributed by atoms with van der Waals surface area (Å²) in [5.74, 6) is 2.80. The number of methoxy groups -OCH3 is 2. The van der Waals surface area contributed by atoms with E-state index in [-0.39, 0.29) is 0 Å². The van der Waals surface area contributed by atoms with Crippen LogP contribution in [0.5, 0.6) is 11.5 Å². The Morgan fingerprint density at radius 2 is 1.81 bits per heavy atom. The van der Waals surface area contributed by atoms with Crippen LogP contribution < -0.4 is 14.8 Å². The van der Waals surface area contributed by atoms with Crippen LogP contribution in [0.4, 0.5) is 11.6 Å². The Morgan fingerprint density at radius 3 is 2.57 bits per heavy atom. The van der Waals surface area contributed by atoms with Crippen LogP contribution in [0.15, 0.2) is 48.7 Å². The second-order valence-corrected chi connectivity index (χ2v) is 11.0. The first-order chi connectivity index (χ1) is 18.1. The van der Waals surface area contributed by atoms with Gasteiger partial charge in [0.05, 0.1) is 35.5 Å². The van der Waals surface area contributed by atoms with Crippen LogP contribution in [0.3, 0.4) is 0 Å². The minimum atomic E-state index is 0.577. The van der Waals surface area contributed by atoms with Crippen LogP contribution in [-0.2, 0) is 19.4 Å². The fourth-order valence-corrected chi connectivity index (χ4v) is 5.95. The summed E-state index contributed by atoms with van der Waals surface area (Å²) < 4.78 is 11.1. The molecule has 0 spiro atoms. The molecule has 0 unspecified atom stereocenters. The maximum Gasteiger partial charge on any atom is 0.227 e. The van der Waals surface area contributed by atoms with E-state index < -0.39 is 0 Å². The first kappa shape index (κ1) is 23.9. The highest BCUT2D eigenvalue weighted by molar-refractivity contribution is 7.15. The molecular weight excluding hydrogens is 482 g/mol. The second-order valence-electron chi connectivity index (χ2n) is 9.90. The molecule has 6 rings (SSSR count). The van der Waals surface area contributed by atoms with E-state index in [0.29, 0.717) is 5.95 Å². The van der Waals surface area contributed by atoms with Crippen LogP contribution in [0.1, 0.15) is 29.0 Å². The first-order valence-electron chi connectivity index (χ1n) is 12.7. The summed E-state index contributed by atoms with van der Waals surface area (Å²) in [6.07, 6.45) is 6.49. The molecule has 2 aromatic heterocycles. The molecule has 0 radical (unpaired) electrons. The predicted molar refractivity (Wildman–Crippen MR) is 148 cm³/mol. The fraction of sp³-hybridized carbons (Fsp3) is 0.345. The van der Waals surface area contributed by atoms with Gasteiger partial charge in [-0.1, -0.05) is 6.07 Å². The normalized spacial score (nSPS) is 15.3. The maximum absolute atomic E-state index is 5.53. The number of aromatic nitrogens is 3. The number of anilines is 2. The Bertz CT molecular complexity index is 1410. The minimum absolute atomic E-state index is 0.577. The molecule has 7 nitrogen and oxygen atoms in total. The van der Waals surface area contributed by atoms with Crippen LogP contribution in [0.2, 0.25) is 0 Å². The van der Waals surface area contributed by atoms with Crippen molar-refractivity contribution in [1.29, 1.82) is 0 Å². The number of likely N-dealkylation sites (N-methyl/N-ethyl adjacent to an activating group) is 1. The SMILES string of the molecule is COc1cc(OC)cc(-c2nc(CC3CC3)sc2-c2ccnc(Nc3ccc4c(c3)CN(C)CC4)n2)c1. The molecule has 0 atom stereocenters. The lowest BCUT2D eigenvalue weighted by atomic mass is 9.99. The van der Waals surface area contributed by atoms with Crippen molar-refractivity contribution in [2.24, 2.45) is 5.92 Å². The summed E-state index contributed by atoms with van der Waals surface area (Å²) in [4.78, 5) is 17.9. The number of fused-ring (bicyclic) bond motifs is 1. The van der Waals surface area contributed by atoms with Gasteiger partial charge in [0.15, 0.2) is 0 Å². The molecular formula is C29H31N5O2S. The molecule has 190 valence electrons. The van der Waals surface area contributed by atoms with Gasteiger partial charge in [-0.25, -0.2) is 15.0 Å². The number of ether oxygens (including phenoxy) is 2. The van der Waals surface area contributed by atoms with E-state index in [2.05, 4.69) is 40.4 Å². The van der Waals surface area contributed by atoms with E-state index in [1.165, 1.54) is 24.0 Å². The summed E-state index contributed by atoms with van der Waals surface area (Å²) >= 11 is 1.72. The Balaban J connectivity index is 1.35. The van der Waals surface area contributed by atoms with Gasteiger partial charge in [-0.2, -0.15) is 0 Å². The third-order valence-electron chi connectivity index (χ3n) is 7.01. The van der Waals surface area contributed by atoms with Crippen molar-refractivity contribution in [2.45, 2.75) is 32.2 Å². The summed E-state index contributed by atoms with van der Waals surface area (Å²) in [6.45, 7) is 2.06. The van der Waals surface area contributed by atoms with E-state index in [1.807, 2.05) is 30.5 Å². The maximum atomic E-state index is 5.53. The predicted octanol–water partition coefficient (Wildman–Crippen LogP) is 5.97. The number of hydrogen-bond acceptors (Lipinski definition) is 8. The summed E-state index contributed by atoms with van der Waals surface area (Å²) in [7, 11) is 5.50. The molecule has 3 heterocycles. The molecule has 8 heteroatoms. The van der Waals surface area contributed by atoms with Gasteiger partial charge >= 0.3 is 0 Å². The number of rotatable bonds is 8. The highest BCUT2D eigenvalue weighted by Crippen LogP contribution is 2.42. The van der Waals surface area contributed by atoms with Gasteiger partial charge in [-0.05, 0) is 73.7 Å². The second kappa shape index (κ2) is 10.1. The molecule has 2 aliphatic rings. The molecule has 37 heavy (non-hydrogen) atoms. The van der Waals surface area contributed by atoms with Gasteiger partial charge in [0.2, 0.25) is 5.95 Å². The zero-order chi connectivity index (χ0) is 25.4. The lowest BCUT2D eigenvalue weighted by Gasteiger charge is -2.25. The Hall–Kier alpha value is -3.49. The zero-order valence-corrected chi connectivity index (χ0v) is 22.3. The van der Waals surface area contributed by atoms with Crippen LogP contribution in [-0.4, -0.2) is 47.7 Å². The molecule has 0 amide bonds. The molecule has 1 N–H and O–H groups in total. The third kappa shape index (κ3) is 5.31. The molecule has 0 bridgehead atoms. The molecule has 2 aromatic carbocycles. The van der Waals surface area contributed by atoms with Crippen molar-refractivity contribution in [2.75, 3.05) is 33.1 Å². The highest BCUT2D eigenvalue weighted by Gasteiger charge is 2.25. The van der Waals surface area contributed by atoms with E-state index >= 15 is 0 Å². The Kier molecular flexibility index (Phi) is 6.52. The molecule has 1 aliphatic heterocycles. The van der Waals surface area contributed by atoms with Crippen LogP contribution in [0.25, 0.3) is 21.8 Å². The van der Waals surface area contributed by atoms with Crippen molar-refractivity contribution >= 4 is 23.0 Å². The number of thiazole rings is 1. The number of benzene rings is 2. The molecule has 1 fully saturated rings. The standard InChI is InChI=1S/C29H31N5O2S/c1-34-11-9-19-6-7-22(13-21(19)17-34)31-29-30-10-8-25(32-29)28-27(33-26(37-28)12-18-4-5-18)20-14-23(35-2)16-24(15-20)36-3/h6-8,10,13-16,18H,4-5,9,11-12,17H2,1-3H3,(H,30,31,32). The van der Waals surface area contributed by atoms with Crippen LogP contribution >= 0.6 is 11.3 Å². The van der Waals surface area contributed by atoms with Gasteiger partial charge in [0, 0.05) is 43.0 Å². The topological polar surface area (TPSA) is 72.4 Å². The number of nitrogens with zero attached hydrogens (tertiary/aromatic N) is 4. The summed E-state index contributed by atoms with van der Waals surface area (Å²) in [6, 6.07) is 14.4. The van der Waals surface area contributed by atoms with Gasteiger partial charge in [-0.3, -0.25) is 0 Å². The van der Waals surface area contributed by atoms with E-state index in [0.717, 1.165) is 75.9 Å². The van der Waals surface area contributed by atoms with Gasteiger partial charge in [-0.15, -0.1) is 11.3 Å². The molecule has 1 aliphatic carbocycles. The van der Waals surface area contributed by atoms with Gasteiger partial charge in [0.25, 0.3) is 0 Å². The minimum Gasteiger partial charge on any atom is -0.497 e. The molecule has 0 saturated heterocycles. The Morgan fingerprint density at radius 1 is 1.00 bits per heavy atom. The van der Waals surface area contributed by atoms with Gasteiger partial charge < -0.3 is 19.7 Å². The summed E-state index contributed by atoms with van der Waals surface area (Å²) in [5, 5.41) is 4.57. The largest absolute Gasteiger partial charge is 0.497 e. The zero-order valence-electron chi connectivity index (χ0n) is 21.5. The smallest absolute Gasteiger partial charge is 0.227 e. The number of nitrogens with one attached hydrogen (secondary N) is 1. The molecule has 4 aromatic rings. The quantitative estimate of drug-likeness (QED) is 0.311. The fourth-order valence-electron chi connectivity index (χ4n) is 4.78. The lowest BCUT2D eigenvalue weighted by Crippen LogP contribution is -2.26. The monoisotopic (exact) mass is 513 g/mol. The van der Waals surface area contributed by atoms with Crippen molar-refractivity contribution < 1.29 is 9.47 Å². The Labute approximate surface area is 221 Å². The highest BCUT2D eigenvalue weighted by atomic mass is 32.1. The van der Waals surface area contributed by atoms with Crippen molar-refractivity contribution in [3.8, 4) is 33.3 Å². The third-order valence-corrected chi connectivity index (χ3v) is 8.11. The van der Waals surface area contributed by atoms with Crippen molar-refractivity contribution in [3.63, 3.8) is 0 Å². The number of hydrogen-bond donors (Lipinski definition) is 1. The van der Waals surface area contributed by atoms with Gasteiger partial charge in [0.1, 0.15) is 11.5 Å². The lowest BCUT2D eigenvalue weighted by molar-refractivity contribution is 0.313. The van der Waals surface area contributed by atoms with Crippen molar-refractivity contribution in [3.05, 3.63) is 64.8 Å². The van der Waals surface area contributed by atoms with E-state index in [9.17, 15) is 0 Å². The van der Waals surface area contributed by atoms with Crippen LogP contribution in [0, 0.1) is 5.92 Å². The molecule has 1 saturated carbocycles. The van der Waals surface area contributed by atoms with E-state index in [4.69, 9.17) is 19.4 Å². The first-order valence-corrected chi connectivity index (χ1v) is 13.5. The summed E-state index contributed by atoms with van der Waals surface area (Å²) in [5.41, 5.74) is 6.49. The van der Waals surface area contributed by atoms with Crippen molar-refractivity contribution in [1.82, 2.24) is 19.9 Å². The average Bonchev–Trinajstić information content (AvgIpc) is 3.63. The van der Waals surface area contributed by atoms with E-state index in [1.54, 1.807) is 25.6 Å².